The van der Waals surface area contributed by atoms with Crippen molar-refractivity contribution < 1.29 is 13.2 Å². The van der Waals surface area contributed by atoms with Crippen LogP contribution in [0.3, 0.4) is 0 Å². The Labute approximate surface area is 151 Å². The Morgan fingerprint density at radius 3 is 2.40 bits per heavy atom. The smallest absolute Gasteiger partial charge is 0.242 e. The fourth-order valence-electron chi connectivity index (χ4n) is 3.04. The van der Waals surface area contributed by atoms with Crippen LogP contribution in [0.15, 0.2) is 29.2 Å². The monoisotopic (exact) mass is 367 g/mol. The van der Waals surface area contributed by atoms with Crippen molar-refractivity contribution in [2.24, 2.45) is 5.92 Å². The van der Waals surface area contributed by atoms with Gasteiger partial charge in [0.2, 0.25) is 15.9 Å². The van der Waals surface area contributed by atoms with Gasteiger partial charge < -0.3 is 10.6 Å². The predicted octanol–water partition coefficient (Wildman–Crippen LogP) is 1.89. The lowest BCUT2D eigenvalue weighted by Gasteiger charge is -2.22. The molecule has 1 aromatic carbocycles. The van der Waals surface area contributed by atoms with Gasteiger partial charge in [0.25, 0.3) is 0 Å². The maximum atomic E-state index is 12.2. The van der Waals surface area contributed by atoms with Gasteiger partial charge in [0.15, 0.2) is 0 Å². The van der Waals surface area contributed by atoms with Crippen LogP contribution in [0.1, 0.15) is 44.2 Å². The number of sulfonamides is 1. The van der Waals surface area contributed by atoms with Crippen molar-refractivity contribution in [2.45, 2.75) is 43.5 Å². The summed E-state index contributed by atoms with van der Waals surface area (Å²) in [5.41, 5.74) is 0.896. The van der Waals surface area contributed by atoms with Crippen LogP contribution >= 0.6 is 0 Å². The average molecular weight is 368 g/mol. The molecule has 0 spiro atoms. The maximum absolute atomic E-state index is 12.2. The van der Waals surface area contributed by atoms with Gasteiger partial charge in [-0.25, -0.2) is 12.7 Å². The van der Waals surface area contributed by atoms with Gasteiger partial charge in [0.05, 0.1) is 10.9 Å². The van der Waals surface area contributed by atoms with Gasteiger partial charge in [-0.3, -0.25) is 4.79 Å². The van der Waals surface area contributed by atoms with E-state index in [0.717, 1.165) is 37.9 Å². The molecule has 140 valence electrons. The van der Waals surface area contributed by atoms with Crippen molar-refractivity contribution >= 4 is 15.9 Å². The first-order chi connectivity index (χ1) is 11.8. The molecule has 0 radical (unpaired) electrons. The largest absolute Gasteiger partial charge is 0.350 e. The summed E-state index contributed by atoms with van der Waals surface area (Å²) in [6, 6.07) is 6.55. The number of benzene rings is 1. The number of piperidine rings is 1. The van der Waals surface area contributed by atoms with Crippen LogP contribution in [0.4, 0.5) is 0 Å². The maximum Gasteiger partial charge on any atom is 0.242 e. The highest BCUT2D eigenvalue weighted by molar-refractivity contribution is 7.89. The molecule has 1 aliphatic heterocycles. The SMILES string of the molecule is CC(NC(=O)CCC1CCNCC1)c1ccc(S(=O)(=O)N(C)C)cc1. The second-order valence-electron chi connectivity index (χ2n) is 6.88. The van der Waals surface area contributed by atoms with Gasteiger partial charge in [-0.05, 0) is 62.9 Å². The van der Waals surface area contributed by atoms with Crippen molar-refractivity contribution in [3.63, 3.8) is 0 Å². The molecule has 2 rings (SSSR count). The zero-order valence-corrected chi connectivity index (χ0v) is 16.1. The molecule has 0 saturated carbocycles. The molecule has 0 aliphatic carbocycles. The molecule has 6 nitrogen and oxygen atoms in total. The third-order valence-electron chi connectivity index (χ3n) is 4.77. The van der Waals surface area contributed by atoms with Crippen molar-refractivity contribution in [3.8, 4) is 0 Å². The number of rotatable bonds is 7. The molecule has 1 amide bonds. The Morgan fingerprint density at radius 2 is 1.84 bits per heavy atom. The van der Waals surface area contributed by atoms with Crippen LogP contribution in [-0.4, -0.2) is 45.8 Å². The van der Waals surface area contributed by atoms with Gasteiger partial charge in [-0.1, -0.05) is 12.1 Å². The number of amides is 1. The van der Waals surface area contributed by atoms with Crippen LogP contribution in [0.5, 0.6) is 0 Å². The third kappa shape index (κ3) is 5.52. The highest BCUT2D eigenvalue weighted by Crippen LogP contribution is 2.20. The number of carbonyl (C=O) groups excluding carboxylic acids is 1. The molecule has 0 aromatic heterocycles. The van der Waals surface area contributed by atoms with Gasteiger partial charge in [0, 0.05) is 20.5 Å². The highest BCUT2D eigenvalue weighted by atomic mass is 32.2. The molecular formula is C18H29N3O3S. The summed E-state index contributed by atoms with van der Waals surface area (Å²) in [5.74, 6) is 0.689. The molecule has 1 aromatic rings. The van der Waals surface area contributed by atoms with Crippen LogP contribution < -0.4 is 10.6 Å². The second-order valence-corrected chi connectivity index (χ2v) is 9.03. The molecule has 1 fully saturated rings. The Balaban J connectivity index is 1.87. The Morgan fingerprint density at radius 1 is 1.24 bits per heavy atom. The van der Waals surface area contributed by atoms with Crippen LogP contribution in [0.25, 0.3) is 0 Å². The lowest BCUT2D eigenvalue weighted by atomic mass is 9.93. The zero-order valence-electron chi connectivity index (χ0n) is 15.3. The summed E-state index contributed by atoms with van der Waals surface area (Å²) in [7, 11) is -0.406. The first-order valence-electron chi connectivity index (χ1n) is 8.83. The van der Waals surface area contributed by atoms with Gasteiger partial charge in [-0.2, -0.15) is 0 Å². The molecule has 7 heteroatoms. The minimum absolute atomic E-state index is 0.0519. The van der Waals surface area contributed by atoms with E-state index in [9.17, 15) is 13.2 Å². The van der Waals surface area contributed by atoms with Crippen LogP contribution in [-0.2, 0) is 14.8 Å². The average Bonchev–Trinajstić information content (AvgIpc) is 2.60. The fraction of sp³-hybridized carbons (Fsp3) is 0.611. The molecule has 1 aliphatic rings. The van der Waals surface area contributed by atoms with E-state index in [1.165, 1.54) is 18.4 Å². The second kappa shape index (κ2) is 8.78. The standard InChI is InChI=1S/C18H29N3O3S/c1-14(20-18(22)9-4-15-10-12-19-13-11-15)16-5-7-17(8-6-16)25(23,24)21(2)3/h5-8,14-15,19H,4,9-13H2,1-3H3,(H,20,22). The lowest BCUT2D eigenvalue weighted by Crippen LogP contribution is -2.30. The van der Waals surface area contributed by atoms with E-state index in [-0.39, 0.29) is 16.8 Å². The third-order valence-corrected chi connectivity index (χ3v) is 6.60. The van der Waals surface area contributed by atoms with Gasteiger partial charge in [0.1, 0.15) is 0 Å². The Kier molecular flexibility index (Phi) is 6.98. The van der Waals surface area contributed by atoms with Gasteiger partial charge in [-0.15, -0.1) is 0 Å². The number of hydrogen-bond acceptors (Lipinski definition) is 4. The van der Waals surface area contributed by atoms with Crippen molar-refractivity contribution in [1.82, 2.24) is 14.9 Å². The first-order valence-corrected chi connectivity index (χ1v) is 10.3. The quantitative estimate of drug-likeness (QED) is 0.771. The predicted molar refractivity (Wildman–Crippen MR) is 98.7 cm³/mol. The molecule has 0 bridgehead atoms. The van der Waals surface area contributed by atoms with E-state index in [1.54, 1.807) is 24.3 Å². The van der Waals surface area contributed by atoms with E-state index in [4.69, 9.17) is 0 Å². The van der Waals surface area contributed by atoms with Crippen LogP contribution in [0.2, 0.25) is 0 Å². The van der Waals surface area contributed by atoms with E-state index >= 15 is 0 Å². The normalized spacial score (nSPS) is 17.4. The Hall–Kier alpha value is -1.44. The first kappa shape index (κ1) is 19.9. The molecule has 1 atom stereocenters. The molecule has 1 heterocycles. The van der Waals surface area contributed by atoms with Crippen LogP contribution in [0, 0.1) is 5.92 Å². The molecule has 1 saturated heterocycles. The summed E-state index contributed by atoms with van der Waals surface area (Å²) >= 11 is 0. The van der Waals surface area contributed by atoms with Gasteiger partial charge >= 0.3 is 0 Å². The lowest BCUT2D eigenvalue weighted by molar-refractivity contribution is -0.122. The van der Waals surface area contributed by atoms with Crippen molar-refractivity contribution in [1.29, 1.82) is 0 Å². The highest BCUT2D eigenvalue weighted by Gasteiger charge is 2.18. The molecule has 25 heavy (non-hydrogen) atoms. The summed E-state index contributed by atoms with van der Waals surface area (Å²) in [6.45, 7) is 4.01. The summed E-state index contributed by atoms with van der Waals surface area (Å²) < 4.78 is 25.3. The van der Waals surface area contributed by atoms with E-state index in [2.05, 4.69) is 10.6 Å². The van der Waals surface area contributed by atoms with E-state index in [1.807, 2.05) is 6.92 Å². The number of carbonyl (C=O) groups is 1. The summed E-state index contributed by atoms with van der Waals surface area (Å²) in [5, 5.41) is 6.33. The minimum Gasteiger partial charge on any atom is -0.350 e. The number of hydrogen-bond donors (Lipinski definition) is 2. The topological polar surface area (TPSA) is 78.5 Å². The fourth-order valence-corrected chi connectivity index (χ4v) is 3.94. The summed E-state index contributed by atoms with van der Waals surface area (Å²) in [6.07, 6.45) is 3.76. The van der Waals surface area contributed by atoms with E-state index < -0.39 is 10.0 Å². The number of nitrogens with one attached hydrogen (secondary N) is 2. The van der Waals surface area contributed by atoms with E-state index in [0.29, 0.717) is 12.3 Å². The molecule has 1 unspecified atom stereocenters. The molecular weight excluding hydrogens is 338 g/mol. The summed E-state index contributed by atoms with van der Waals surface area (Å²) in [4.78, 5) is 12.4. The Bertz CT molecular complexity index is 665. The molecule has 2 N–H and O–H groups in total. The van der Waals surface area contributed by atoms with Crippen molar-refractivity contribution in [2.75, 3.05) is 27.2 Å². The minimum atomic E-state index is -3.42. The number of nitrogens with zero attached hydrogens (tertiary/aromatic N) is 1. The van der Waals surface area contributed by atoms with Crippen molar-refractivity contribution in [3.05, 3.63) is 29.8 Å². The zero-order chi connectivity index (χ0) is 18.4.